The predicted octanol–water partition coefficient (Wildman–Crippen LogP) is 2.74. The molecule has 2 aromatic rings. The summed E-state index contributed by atoms with van der Waals surface area (Å²) in [6.45, 7) is 2.03. The lowest BCUT2D eigenvalue weighted by molar-refractivity contribution is 0.318. The molecule has 1 heterocycles. The van der Waals surface area contributed by atoms with E-state index in [0.29, 0.717) is 13.2 Å². The first-order chi connectivity index (χ1) is 11.6. The van der Waals surface area contributed by atoms with Crippen molar-refractivity contribution in [2.75, 3.05) is 34.4 Å². The summed E-state index contributed by atoms with van der Waals surface area (Å²) in [5.41, 5.74) is 1.23. The molecule has 0 fully saturated rings. The van der Waals surface area contributed by atoms with Crippen LogP contribution in [0.15, 0.2) is 47.6 Å². The Labute approximate surface area is 166 Å². The van der Waals surface area contributed by atoms with Crippen molar-refractivity contribution in [2.45, 2.75) is 6.54 Å². The van der Waals surface area contributed by atoms with Crippen molar-refractivity contribution in [1.82, 2.24) is 14.8 Å². The van der Waals surface area contributed by atoms with Crippen LogP contribution < -0.4 is 14.8 Å². The second-order valence-corrected chi connectivity index (χ2v) is 5.46. The molecule has 0 radical (unpaired) electrons. The van der Waals surface area contributed by atoms with Gasteiger partial charge < -0.3 is 24.3 Å². The Balaban J connectivity index is 0.00000312. The van der Waals surface area contributed by atoms with Gasteiger partial charge in [0.15, 0.2) is 5.96 Å². The van der Waals surface area contributed by atoms with Crippen molar-refractivity contribution in [3.05, 3.63) is 48.3 Å². The molecule has 0 unspecified atom stereocenters. The van der Waals surface area contributed by atoms with Gasteiger partial charge in [-0.2, -0.15) is 0 Å². The number of hydrogen-bond acceptors (Lipinski definition) is 3. The van der Waals surface area contributed by atoms with Gasteiger partial charge in [0.05, 0.1) is 20.2 Å². The topological polar surface area (TPSA) is 51.0 Å². The molecular weight excluding hydrogens is 431 g/mol. The van der Waals surface area contributed by atoms with Gasteiger partial charge in [0.1, 0.15) is 18.1 Å². The lowest BCUT2D eigenvalue weighted by Crippen LogP contribution is -2.40. The average Bonchev–Trinajstić information content (AvgIpc) is 3.00. The van der Waals surface area contributed by atoms with Crippen molar-refractivity contribution < 1.29 is 9.47 Å². The van der Waals surface area contributed by atoms with Gasteiger partial charge >= 0.3 is 0 Å². The maximum absolute atomic E-state index is 5.71. The van der Waals surface area contributed by atoms with Crippen LogP contribution >= 0.6 is 24.0 Å². The fraction of sp³-hybridized carbons (Fsp3) is 0.389. The molecule has 6 nitrogen and oxygen atoms in total. The fourth-order valence-electron chi connectivity index (χ4n) is 2.37. The Morgan fingerprint density at radius 3 is 2.44 bits per heavy atom. The van der Waals surface area contributed by atoms with E-state index >= 15 is 0 Å². The third-order valence-electron chi connectivity index (χ3n) is 3.74. The summed E-state index contributed by atoms with van der Waals surface area (Å²) in [5, 5.41) is 3.31. The summed E-state index contributed by atoms with van der Waals surface area (Å²) in [7, 11) is 7.50. The maximum Gasteiger partial charge on any atom is 0.193 e. The third-order valence-corrected chi connectivity index (χ3v) is 3.74. The highest BCUT2D eigenvalue weighted by Crippen LogP contribution is 2.16. The van der Waals surface area contributed by atoms with Crippen LogP contribution in [0.2, 0.25) is 0 Å². The highest BCUT2D eigenvalue weighted by molar-refractivity contribution is 14.0. The number of aliphatic imine (C=N–C) groups is 1. The lowest BCUT2D eigenvalue weighted by Gasteiger charge is -2.22. The number of hydrogen-bond donors (Lipinski definition) is 1. The molecule has 2 rings (SSSR count). The van der Waals surface area contributed by atoms with E-state index in [0.717, 1.165) is 24.0 Å². The highest BCUT2D eigenvalue weighted by atomic mass is 127. The smallest absolute Gasteiger partial charge is 0.193 e. The fourth-order valence-corrected chi connectivity index (χ4v) is 2.37. The molecule has 1 N–H and O–H groups in total. The number of nitrogens with one attached hydrogen (secondary N) is 1. The summed E-state index contributed by atoms with van der Waals surface area (Å²) in [5.74, 6) is 2.49. The molecule has 1 aromatic carbocycles. The highest BCUT2D eigenvalue weighted by Gasteiger charge is 2.08. The predicted molar refractivity (Wildman–Crippen MR) is 112 cm³/mol. The number of nitrogens with zero attached hydrogens (tertiary/aromatic N) is 3. The van der Waals surface area contributed by atoms with Crippen molar-refractivity contribution in [3.8, 4) is 11.5 Å². The number of aromatic nitrogens is 1. The molecule has 0 spiro atoms. The van der Waals surface area contributed by atoms with Gasteiger partial charge in [-0.15, -0.1) is 24.0 Å². The number of methoxy groups -OCH3 is 1. The quantitative estimate of drug-likeness (QED) is 0.300. The van der Waals surface area contributed by atoms with Crippen LogP contribution in [0.5, 0.6) is 11.5 Å². The van der Waals surface area contributed by atoms with Crippen molar-refractivity contribution in [2.24, 2.45) is 12.0 Å². The van der Waals surface area contributed by atoms with E-state index in [1.165, 1.54) is 5.69 Å². The van der Waals surface area contributed by atoms with Crippen molar-refractivity contribution in [1.29, 1.82) is 0 Å². The molecule has 0 amide bonds. The van der Waals surface area contributed by atoms with Gasteiger partial charge in [0, 0.05) is 33.0 Å². The van der Waals surface area contributed by atoms with Gasteiger partial charge in [0.2, 0.25) is 0 Å². The SMILES string of the molecule is CN=C(NCCOc1ccc(OC)cc1)N(C)Cc1cccn1C.I. The first kappa shape index (κ1) is 21.1. The first-order valence-corrected chi connectivity index (χ1v) is 7.93. The molecule has 0 atom stereocenters. The van der Waals surface area contributed by atoms with Crippen LogP contribution in [0.3, 0.4) is 0 Å². The molecule has 0 aliphatic carbocycles. The van der Waals surface area contributed by atoms with Gasteiger partial charge in [-0.3, -0.25) is 4.99 Å². The van der Waals surface area contributed by atoms with Crippen LogP contribution in [-0.4, -0.2) is 49.8 Å². The van der Waals surface area contributed by atoms with E-state index < -0.39 is 0 Å². The van der Waals surface area contributed by atoms with Crippen LogP contribution in [-0.2, 0) is 13.6 Å². The molecule has 138 valence electrons. The van der Waals surface area contributed by atoms with Gasteiger partial charge in [0.25, 0.3) is 0 Å². The average molecular weight is 458 g/mol. The molecule has 0 saturated heterocycles. The van der Waals surface area contributed by atoms with Crippen LogP contribution in [0.25, 0.3) is 0 Å². The van der Waals surface area contributed by atoms with Gasteiger partial charge in [-0.05, 0) is 36.4 Å². The van der Waals surface area contributed by atoms with E-state index in [4.69, 9.17) is 9.47 Å². The summed E-state index contributed by atoms with van der Waals surface area (Å²) in [6.07, 6.45) is 2.04. The third kappa shape index (κ3) is 6.49. The standard InChI is InChI=1S/C18H26N4O2.HI/c1-19-18(22(3)14-15-6-5-12-21(15)2)20-11-13-24-17-9-7-16(23-4)8-10-17;/h5-10,12H,11,13-14H2,1-4H3,(H,19,20);1H. The summed E-state index contributed by atoms with van der Waals surface area (Å²) >= 11 is 0. The van der Waals surface area contributed by atoms with E-state index in [1.54, 1.807) is 14.2 Å². The Hall–Kier alpha value is -1.90. The van der Waals surface area contributed by atoms with E-state index in [2.05, 4.69) is 25.8 Å². The monoisotopic (exact) mass is 458 g/mol. The van der Waals surface area contributed by atoms with E-state index in [-0.39, 0.29) is 24.0 Å². The Bertz CT molecular complexity index is 655. The van der Waals surface area contributed by atoms with Crippen LogP contribution in [0.1, 0.15) is 5.69 Å². The zero-order chi connectivity index (χ0) is 17.4. The number of aryl methyl sites for hydroxylation is 1. The second kappa shape index (κ2) is 10.9. The second-order valence-electron chi connectivity index (χ2n) is 5.46. The molecule has 0 saturated carbocycles. The normalized spacial score (nSPS) is 10.8. The van der Waals surface area contributed by atoms with Gasteiger partial charge in [-0.1, -0.05) is 0 Å². The number of halogens is 1. The Kier molecular flexibility index (Phi) is 9.18. The van der Waals surface area contributed by atoms with Crippen LogP contribution in [0, 0.1) is 0 Å². The summed E-state index contributed by atoms with van der Waals surface area (Å²) in [4.78, 5) is 6.40. The van der Waals surface area contributed by atoms with E-state index in [9.17, 15) is 0 Å². The van der Waals surface area contributed by atoms with Gasteiger partial charge in [-0.25, -0.2) is 0 Å². The summed E-state index contributed by atoms with van der Waals surface area (Å²) in [6, 6.07) is 11.7. The minimum Gasteiger partial charge on any atom is -0.497 e. The zero-order valence-corrected chi connectivity index (χ0v) is 17.6. The molecule has 0 bridgehead atoms. The minimum atomic E-state index is 0. The maximum atomic E-state index is 5.71. The van der Waals surface area contributed by atoms with Crippen LogP contribution in [0.4, 0.5) is 0 Å². The molecule has 1 aromatic heterocycles. The largest absolute Gasteiger partial charge is 0.497 e. The van der Waals surface area contributed by atoms with Crippen molar-refractivity contribution in [3.63, 3.8) is 0 Å². The minimum absolute atomic E-state index is 0. The number of benzene rings is 1. The Morgan fingerprint density at radius 1 is 1.20 bits per heavy atom. The molecule has 7 heteroatoms. The molecule has 25 heavy (non-hydrogen) atoms. The molecule has 0 aliphatic heterocycles. The zero-order valence-electron chi connectivity index (χ0n) is 15.2. The lowest BCUT2D eigenvalue weighted by atomic mass is 10.3. The molecule has 0 aliphatic rings. The first-order valence-electron chi connectivity index (χ1n) is 7.93. The van der Waals surface area contributed by atoms with E-state index in [1.807, 2.05) is 50.6 Å². The number of ether oxygens (including phenoxy) is 2. The number of rotatable bonds is 7. The number of guanidine groups is 1. The van der Waals surface area contributed by atoms with Crippen molar-refractivity contribution >= 4 is 29.9 Å². The Morgan fingerprint density at radius 2 is 1.88 bits per heavy atom. The summed E-state index contributed by atoms with van der Waals surface area (Å²) < 4.78 is 12.9. The molecular formula is C18H27IN4O2.